The van der Waals surface area contributed by atoms with Crippen LogP contribution < -0.4 is 25.4 Å². The Labute approximate surface area is 179 Å². The van der Waals surface area contributed by atoms with Crippen LogP contribution in [0.15, 0.2) is 47.5 Å². The molecule has 3 N–H and O–H groups in total. The Hall–Kier alpha value is -2.56. The number of fused-ring (bicyclic) bond motifs is 1. The maximum atomic E-state index is 13.2. The van der Waals surface area contributed by atoms with Crippen molar-refractivity contribution in [1.82, 2.24) is 5.32 Å². The third-order valence-corrected chi connectivity index (χ3v) is 3.76. The molecule has 0 saturated carbocycles. The van der Waals surface area contributed by atoms with Crippen molar-refractivity contribution in [2.75, 3.05) is 37.4 Å². The van der Waals surface area contributed by atoms with Crippen molar-refractivity contribution in [1.29, 1.82) is 0 Å². The Morgan fingerprint density at radius 3 is 2.57 bits per heavy atom. The number of hydrogen-bond acceptors (Lipinski definition) is 4. The number of nitrogens with zero attached hydrogens (tertiary/aromatic N) is 1. The molecular weight excluding hydrogens is 478 g/mol. The molecule has 1 amide bonds. The highest BCUT2D eigenvalue weighted by atomic mass is 127. The predicted molar refractivity (Wildman–Crippen MR) is 117 cm³/mol. The molecule has 0 unspecified atom stereocenters. The van der Waals surface area contributed by atoms with Crippen LogP contribution in [-0.2, 0) is 4.79 Å². The van der Waals surface area contributed by atoms with Gasteiger partial charge < -0.3 is 25.4 Å². The number of guanidine groups is 1. The second-order valence-electron chi connectivity index (χ2n) is 5.82. The number of amides is 1. The van der Waals surface area contributed by atoms with Crippen LogP contribution in [0, 0.1) is 5.82 Å². The Morgan fingerprint density at radius 2 is 1.82 bits per heavy atom. The number of anilines is 2. The van der Waals surface area contributed by atoms with E-state index in [-0.39, 0.29) is 36.4 Å². The zero-order chi connectivity index (χ0) is 19.1. The molecule has 0 spiro atoms. The van der Waals surface area contributed by atoms with Crippen molar-refractivity contribution < 1.29 is 18.7 Å². The van der Waals surface area contributed by atoms with E-state index in [2.05, 4.69) is 20.9 Å². The van der Waals surface area contributed by atoms with E-state index in [9.17, 15) is 9.18 Å². The van der Waals surface area contributed by atoms with Gasteiger partial charge in [-0.2, -0.15) is 0 Å². The smallest absolute Gasteiger partial charge is 0.243 e. The summed E-state index contributed by atoms with van der Waals surface area (Å²) in [5.74, 6) is 1.06. The highest BCUT2D eigenvalue weighted by Gasteiger charge is 2.12. The SMILES string of the molecule is CN=C(NCC(=O)Nc1cccc(F)c1)Nc1ccc2c(c1)OCCCO2.I. The molecule has 28 heavy (non-hydrogen) atoms. The van der Waals surface area contributed by atoms with Crippen LogP contribution in [0.5, 0.6) is 11.5 Å². The Balaban J connectivity index is 0.00000280. The Kier molecular flexibility index (Phi) is 8.30. The number of halogens is 2. The highest BCUT2D eigenvalue weighted by Crippen LogP contribution is 2.32. The Bertz CT molecular complexity index is 848. The average Bonchev–Trinajstić information content (AvgIpc) is 2.90. The van der Waals surface area contributed by atoms with Gasteiger partial charge in [-0.3, -0.25) is 9.79 Å². The number of nitrogens with one attached hydrogen (secondary N) is 3. The van der Waals surface area contributed by atoms with E-state index in [4.69, 9.17) is 9.47 Å². The van der Waals surface area contributed by atoms with Gasteiger partial charge in [-0.1, -0.05) is 6.07 Å². The van der Waals surface area contributed by atoms with Crippen molar-refractivity contribution in [3.05, 3.63) is 48.3 Å². The van der Waals surface area contributed by atoms with Gasteiger partial charge in [0.1, 0.15) is 5.82 Å². The summed E-state index contributed by atoms with van der Waals surface area (Å²) in [6, 6.07) is 11.2. The van der Waals surface area contributed by atoms with Gasteiger partial charge in [0.15, 0.2) is 17.5 Å². The minimum atomic E-state index is -0.410. The Morgan fingerprint density at radius 1 is 1.07 bits per heavy atom. The lowest BCUT2D eigenvalue weighted by Crippen LogP contribution is -2.37. The summed E-state index contributed by atoms with van der Waals surface area (Å²) >= 11 is 0. The lowest BCUT2D eigenvalue weighted by Gasteiger charge is -2.14. The number of benzene rings is 2. The number of ether oxygens (including phenoxy) is 2. The summed E-state index contributed by atoms with van der Waals surface area (Å²) in [6.07, 6.45) is 0.834. The van der Waals surface area contributed by atoms with Gasteiger partial charge in [-0.15, -0.1) is 24.0 Å². The molecule has 0 bridgehead atoms. The number of carbonyl (C=O) groups is 1. The third kappa shape index (κ3) is 6.25. The summed E-state index contributed by atoms with van der Waals surface area (Å²) in [6.45, 7) is 1.20. The lowest BCUT2D eigenvalue weighted by atomic mass is 10.3. The summed E-state index contributed by atoms with van der Waals surface area (Å²) in [4.78, 5) is 16.1. The lowest BCUT2D eigenvalue weighted by molar-refractivity contribution is -0.115. The number of hydrogen-bond donors (Lipinski definition) is 3. The van der Waals surface area contributed by atoms with Crippen LogP contribution in [0.2, 0.25) is 0 Å². The summed E-state index contributed by atoms with van der Waals surface area (Å²) in [7, 11) is 1.60. The first kappa shape index (κ1) is 21.7. The maximum Gasteiger partial charge on any atom is 0.243 e. The fourth-order valence-corrected chi connectivity index (χ4v) is 2.49. The van der Waals surface area contributed by atoms with Gasteiger partial charge in [0.05, 0.1) is 19.8 Å². The van der Waals surface area contributed by atoms with E-state index in [1.54, 1.807) is 13.1 Å². The molecule has 150 valence electrons. The second-order valence-corrected chi connectivity index (χ2v) is 5.82. The first-order valence-corrected chi connectivity index (χ1v) is 8.57. The standard InChI is InChI=1S/C19H21FN4O3.HI/c1-21-19(22-12-18(25)23-14-5-2-4-13(20)10-14)24-15-6-7-16-17(11-15)27-9-3-8-26-16;/h2,4-7,10-11H,3,8-9,12H2,1H3,(H,23,25)(H2,21,22,24);1H. The molecular formula is C19H22FIN4O3. The minimum Gasteiger partial charge on any atom is -0.490 e. The van der Waals surface area contributed by atoms with Crippen molar-refractivity contribution in [2.45, 2.75) is 6.42 Å². The highest BCUT2D eigenvalue weighted by molar-refractivity contribution is 14.0. The topological polar surface area (TPSA) is 84.0 Å². The molecule has 9 heteroatoms. The van der Waals surface area contributed by atoms with E-state index in [1.807, 2.05) is 18.2 Å². The molecule has 0 aromatic heterocycles. The quantitative estimate of drug-likeness (QED) is 0.341. The largest absolute Gasteiger partial charge is 0.490 e. The maximum absolute atomic E-state index is 13.2. The number of rotatable bonds is 4. The van der Waals surface area contributed by atoms with Crippen molar-refractivity contribution in [2.24, 2.45) is 4.99 Å². The molecule has 0 atom stereocenters. The minimum absolute atomic E-state index is 0. The molecule has 0 radical (unpaired) electrons. The molecule has 0 fully saturated rings. The summed E-state index contributed by atoms with van der Waals surface area (Å²) in [5.41, 5.74) is 1.14. The van der Waals surface area contributed by atoms with Crippen LogP contribution in [0.3, 0.4) is 0 Å². The fourth-order valence-electron chi connectivity index (χ4n) is 2.49. The molecule has 2 aromatic rings. The van der Waals surface area contributed by atoms with Crippen molar-refractivity contribution in [3.8, 4) is 11.5 Å². The zero-order valence-electron chi connectivity index (χ0n) is 15.3. The van der Waals surface area contributed by atoms with Crippen LogP contribution in [-0.4, -0.2) is 38.7 Å². The number of aliphatic imine (C=N–C) groups is 1. The van der Waals surface area contributed by atoms with E-state index in [0.29, 0.717) is 36.4 Å². The van der Waals surface area contributed by atoms with Crippen LogP contribution in [0.25, 0.3) is 0 Å². The first-order valence-electron chi connectivity index (χ1n) is 8.57. The van der Waals surface area contributed by atoms with E-state index >= 15 is 0 Å². The number of carbonyl (C=O) groups excluding carboxylic acids is 1. The first-order chi connectivity index (χ1) is 13.1. The average molecular weight is 500 g/mol. The summed E-state index contributed by atoms with van der Waals surface area (Å²) in [5, 5.41) is 8.61. The van der Waals surface area contributed by atoms with Crippen molar-refractivity contribution >= 4 is 47.2 Å². The molecule has 1 aliphatic rings. The van der Waals surface area contributed by atoms with E-state index < -0.39 is 5.82 Å². The fraction of sp³-hybridized carbons (Fsp3) is 0.263. The van der Waals surface area contributed by atoms with Gasteiger partial charge >= 0.3 is 0 Å². The van der Waals surface area contributed by atoms with E-state index in [0.717, 1.165) is 12.1 Å². The van der Waals surface area contributed by atoms with Crippen LogP contribution >= 0.6 is 24.0 Å². The molecule has 0 aliphatic carbocycles. The second kappa shape index (κ2) is 10.7. The van der Waals surface area contributed by atoms with Crippen LogP contribution in [0.4, 0.5) is 15.8 Å². The van der Waals surface area contributed by atoms with Crippen molar-refractivity contribution in [3.63, 3.8) is 0 Å². The van der Waals surface area contributed by atoms with Gasteiger partial charge in [0.25, 0.3) is 0 Å². The normalized spacial score (nSPS) is 13.0. The van der Waals surface area contributed by atoms with Gasteiger partial charge in [0.2, 0.25) is 5.91 Å². The molecule has 0 saturated heterocycles. The molecule has 1 heterocycles. The third-order valence-electron chi connectivity index (χ3n) is 3.76. The predicted octanol–water partition coefficient (Wildman–Crippen LogP) is 3.23. The van der Waals surface area contributed by atoms with Gasteiger partial charge in [-0.05, 0) is 30.3 Å². The summed E-state index contributed by atoms with van der Waals surface area (Å²) < 4.78 is 24.4. The van der Waals surface area contributed by atoms with E-state index in [1.165, 1.54) is 18.2 Å². The van der Waals surface area contributed by atoms with Gasteiger partial charge in [0, 0.05) is 30.9 Å². The molecule has 2 aromatic carbocycles. The monoisotopic (exact) mass is 500 g/mol. The zero-order valence-corrected chi connectivity index (χ0v) is 17.7. The van der Waals surface area contributed by atoms with Gasteiger partial charge in [-0.25, -0.2) is 4.39 Å². The molecule has 3 rings (SSSR count). The molecule has 1 aliphatic heterocycles. The van der Waals surface area contributed by atoms with Crippen LogP contribution in [0.1, 0.15) is 6.42 Å². The molecule has 7 nitrogen and oxygen atoms in total.